The zero-order chi connectivity index (χ0) is 11.4. The fourth-order valence-electron chi connectivity index (χ4n) is 2.99. The number of hydrogen-bond acceptors (Lipinski definition) is 2. The SMILES string of the molecule is CCC1CCCCN1C(C)CCNC1CC1. The summed E-state index contributed by atoms with van der Waals surface area (Å²) < 4.78 is 0. The van der Waals surface area contributed by atoms with Gasteiger partial charge in [0.2, 0.25) is 0 Å². The molecule has 0 aromatic heterocycles. The summed E-state index contributed by atoms with van der Waals surface area (Å²) in [5.41, 5.74) is 0. The molecule has 1 N–H and O–H groups in total. The molecule has 2 fully saturated rings. The second-order valence-electron chi connectivity index (χ2n) is 5.66. The largest absolute Gasteiger partial charge is 0.314 e. The van der Waals surface area contributed by atoms with Crippen molar-refractivity contribution in [3.05, 3.63) is 0 Å². The van der Waals surface area contributed by atoms with Crippen molar-refractivity contribution in [2.75, 3.05) is 13.1 Å². The van der Waals surface area contributed by atoms with E-state index in [-0.39, 0.29) is 0 Å². The monoisotopic (exact) mass is 224 g/mol. The van der Waals surface area contributed by atoms with Crippen molar-refractivity contribution >= 4 is 0 Å². The normalized spacial score (nSPS) is 29.2. The summed E-state index contributed by atoms with van der Waals surface area (Å²) in [7, 11) is 0. The van der Waals surface area contributed by atoms with Crippen molar-refractivity contribution in [3.63, 3.8) is 0 Å². The van der Waals surface area contributed by atoms with Crippen LogP contribution < -0.4 is 5.32 Å². The Hall–Kier alpha value is -0.0800. The van der Waals surface area contributed by atoms with Crippen LogP contribution in [-0.2, 0) is 0 Å². The van der Waals surface area contributed by atoms with E-state index in [4.69, 9.17) is 0 Å². The third-order valence-electron chi connectivity index (χ3n) is 4.28. The van der Waals surface area contributed by atoms with Gasteiger partial charge in [0.1, 0.15) is 0 Å². The summed E-state index contributed by atoms with van der Waals surface area (Å²) in [6, 6.07) is 2.51. The summed E-state index contributed by atoms with van der Waals surface area (Å²) in [6.45, 7) is 7.32. The molecule has 0 spiro atoms. The highest BCUT2D eigenvalue weighted by atomic mass is 15.2. The number of rotatable bonds is 6. The van der Waals surface area contributed by atoms with E-state index in [1.165, 1.54) is 58.0 Å². The maximum atomic E-state index is 3.63. The molecule has 0 amide bonds. The molecule has 1 heterocycles. The highest BCUT2D eigenvalue weighted by Gasteiger charge is 2.25. The van der Waals surface area contributed by atoms with Gasteiger partial charge in [-0.3, -0.25) is 4.90 Å². The van der Waals surface area contributed by atoms with Crippen LogP contribution in [-0.4, -0.2) is 36.1 Å². The summed E-state index contributed by atoms with van der Waals surface area (Å²) in [5.74, 6) is 0. The Kier molecular flexibility index (Phi) is 4.66. The molecule has 94 valence electrons. The minimum atomic E-state index is 0.775. The first-order valence-corrected chi connectivity index (χ1v) is 7.30. The van der Waals surface area contributed by atoms with Crippen molar-refractivity contribution in [2.24, 2.45) is 0 Å². The zero-order valence-corrected chi connectivity index (χ0v) is 11.0. The predicted octanol–water partition coefficient (Wildman–Crippen LogP) is 2.78. The Morgan fingerprint density at radius 1 is 1.25 bits per heavy atom. The van der Waals surface area contributed by atoms with E-state index in [2.05, 4.69) is 24.1 Å². The molecule has 0 aromatic rings. The standard InChI is InChI=1S/C14H28N2/c1-3-14-6-4-5-11-16(14)12(2)9-10-15-13-7-8-13/h12-15H,3-11H2,1-2H3. The van der Waals surface area contributed by atoms with Crippen LogP contribution in [0.1, 0.15) is 58.8 Å². The van der Waals surface area contributed by atoms with E-state index in [9.17, 15) is 0 Å². The zero-order valence-electron chi connectivity index (χ0n) is 11.0. The molecule has 1 saturated carbocycles. The van der Waals surface area contributed by atoms with Crippen LogP contribution in [0.25, 0.3) is 0 Å². The van der Waals surface area contributed by atoms with E-state index in [0.29, 0.717) is 0 Å². The van der Waals surface area contributed by atoms with Gasteiger partial charge in [-0.25, -0.2) is 0 Å². The Morgan fingerprint density at radius 2 is 2.06 bits per heavy atom. The first kappa shape index (κ1) is 12.4. The maximum absolute atomic E-state index is 3.63. The first-order valence-electron chi connectivity index (χ1n) is 7.30. The molecule has 1 aliphatic carbocycles. The van der Waals surface area contributed by atoms with Gasteiger partial charge in [0.25, 0.3) is 0 Å². The van der Waals surface area contributed by atoms with Crippen LogP contribution in [0.15, 0.2) is 0 Å². The van der Waals surface area contributed by atoms with Crippen molar-refractivity contribution in [2.45, 2.75) is 76.9 Å². The minimum absolute atomic E-state index is 0.775. The predicted molar refractivity (Wildman–Crippen MR) is 69.7 cm³/mol. The Morgan fingerprint density at radius 3 is 2.75 bits per heavy atom. The Labute approximate surface area is 101 Å². The number of nitrogens with one attached hydrogen (secondary N) is 1. The molecule has 0 radical (unpaired) electrons. The van der Waals surface area contributed by atoms with Crippen LogP contribution in [0.4, 0.5) is 0 Å². The van der Waals surface area contributed by atoms with Crippen LogP contribution in [0, 0.1) is 0 Å². The van der Waals surface area contributed by atoms with Gasteiger partial charge in [-0.15, -0.1) is 0 Å². The Bertz CT molecular complexity index is 201. The smallest absolute Gasteiger partial charge is 0.00954 e. The van der Waals surface area contributed by atoms with Crippen molar-refractivity contribution in [1.29, 1.82) is 0 Å². The van der Waals surface area contributed by atoms with Gasteiger partial charge >= 0.3 is 0 Å². The molecule has 1 saturated heterocycles. The summed E-state index contributed by atoms with van der Waals surface area (Å²) in [5, 5.41) is 3.63. The molecule has 0 aromatic carbocycles. The summed E-state index contributed by atoms with van der Waals surface area (Å²) in [6.07, 6.45) is 9.77. The van der Waals surface area contributed by atoms with Crippen molar-refractivity contribution in [3.8, 4) is 0 Å². The fourth-order valence-corrected chi connectivity index (χ4v) is 2.99. The summed E-state index contributed by atoms with van der Waals surface area (Å²) >= 11 is 0. The minimum Gasteiger partial charge on any atom is -0.314 e. The van der Waals surface area contributed by atoms with Crippen LogP contribution >= 0.6 is 0 Å². The van der Waals surface area contributed by atoms with Crippen LogP contribution in [0.3, 0.4) is 0 Å². The molecular weight excluding hydrogens is 196 g/mol. The van der Waals surface area contributed by atoms with Gasteiger partial charge in [-0.2, -0.15) is 0 Å². The molecule has 16 heavy (non-hydrogen) atoms. The van der Waals surface area contributed by atoms with E-state index in [1.807, 2.05) is 0 Å². The highest BCUT2D eigenvalue weighted by molar-refractivity contribution is 4.83. The molecule has 0 bridgehead atoms. The molecule has 2 unspecified atom stereocenters. The van der Waals surface area contributed by atoms with Gasteiger partial charge in [-0.05, 0) is 58.5 Å². The second-order valence-corrected chi connectivity index (χ2v) is 5.66. The third-order valence-corrected chi connectivity index (χ3v) is 4.28. The number of hydrogen-bond donors (Lipinski definition) is 1. The van der Waals surface area contributed by atoms with E-state index >= 15 is 0 Å². The maximum Gasteiger partial charge on any atom is 0.00954 e. The van der Waals surface area contributed by atoms with Crippen molar-refractivity contribution < 1.29 is 0 Å². The number of piperidine rings is 1. The second kappa shape index (κ2) is 6.02. The fraction of sp³-hybridized carbons (Fsp3) is 1.00. The highest BCUT2D eigenvalue weighted by Crippen LogP contribution is 2.23. The first-order chi connectivity index (χ1) is 7.81. The summed E-state index contributed by atoms with van der Waals surface area (Å²) in [4.78, 5) is 2.76. The van der Waals surface area contributed by atoms with Gasteiger partial charge in [0.05, 0.1) is 0 Å². The quantitative estimate of drug-likeness (QED) is 0.746. The molecule has 2 aliphatic rings. The lowest BCUT2D eigenvalue weighted by atomic mass is 9.97. The molecular formula is C14H28N2. The average Bonchev–Trinajstić information content (AvgIpc) is 3.13. The van der Waals surface area contributed by atoms with Gasteiger partial charge in [-0.1, -0.05) is 13.3 Å². The Balaban J connectivity index is 1.69. The number of nitrogens with zero attached hydrogens (tertiary/aromatic N) is 1. The van der Waals surface area contributed by atoms with Crippen molar-refractivity contribution in [1.82, 2.24) is 10.2 Å². The van der Waals surface area contributed by atoms with Gasteiger partial charge < -0.3 is 5.32 Å². The number of likely N-dealkylation sites (tertiary alicyclic amines) is 1. The lowest BCUT2D eigenvalue weighted by Crippen LogP contribution is -2.45. The lowest BCUT2D eigenvalue weighted by Gasteiger charge is -2.39. The molecule has 1 aliphatic heterocycles. The van der Waals surface area contributed by atoms with E-state index < -0.39 is 0 Å². The molecule has 2 atom stereocenters. The van der Waals surface area contributed by atoms with Gasteiger partial charge in [0.15, 0.2) is 0 Å². The van der Waals surface area contributed by atoms with Gasteiger partial charge in [0, 0.05) is 18.1 Å². The van der Waals surface area contributed by atoms with Crippen LogP contribution in [0.5, 0.6) is 0 Å². The lowest BCUT2D eigenvalue weighted by molar-refractivity contribution is 0.0954. The molecule has 2 nitrogen and oxygen atoms in total. The topological polar surface area (TPSA) is 15.3 Å². The molecule has 2 heteroatoms. The van der Waals surface area contributed by atoms with E-state index in [1.54, 1.807) is 0 Å². The molecule has 2 rings (SSSR count). The van der Waals surface area contributed by atoms with Crippen LogP contribution in [0.2, 0.25) is 0 Å². The third kappa shape index (κ3) is 3.46. The average molecular weight is 224 g/mol. The van der Waals surface area contributed by atoms with E-state index in [0.717, 1.165) is 18.1 Å².